The number of primary amides is 1. The molecule has 0 aliphatic rings. The van der Waals surface area contributed by atoms with E-state index in [1.807, 2.05) is 0 Å². The first-order valence-electron chi connectivity index (χ1n) is 3.05. The van der Waals surface area contributed by atoms with E-state index in [0.29, 0.717) is 6.42 Å². The third-order valence-electron chi connectivity index (χ3n) is 1.03. The van der Waals surface area contributed by atoms with Crippen molar-refractivity contribution in [1.29, 1.82) is 0 Å². The van der Waals surface area contributed by atoms with Gasteiger partial charge >= 0.3 is 44.8 Å². The van der Waals surface area contributed by atoms with Crippen molar-refractivity contribution in [2.24, 2.45) is 5.73 Å². The van der Waals surface area contributed by atoms with Crippen LogP contribution in [-0.4, -0.2) is 5.91 Å². The molecule has 0 saturated carbocycles. The van der Waals surface area contributed by atoms with Crippen LogP contribution < -0.4 is 5.73 Å². The standard InChI is InChI=1S/C6H13NO.2Nb.5O/c1-2-3-4-5-6(7)8;;;;;;;/h2-5H2,1H3,(H2,7,8);;;;;;;/q;2*+5;5*-2. The van der Waals surface area contributed by atoms with Crippen LogP contribution in [0.1, 0.15) is 32.6 Å². The van der Waals surface area contributed by atoms with Crippen LogP contribution in [0.2, 0.25) is 0 Å². The molecule has 0 bridgehead atoms. The molecular formula is C6H13NNb2O6. The Hall–Kier alpha value is 0.751. The van der Waals surface area contributed by atoms with Crippen molar-refractivity contribution >= 4 is 5.91 Å². The molecule has 0 aromatic heterocycles. The molecule has 88 valence electrons. The van der Waals surface area contributed by atoms with Gasteiger partial charge in [0.2, 0.25) is 5.91 Å². The number of rotatable bonds is 4. The quantitative estimate of drug-likeness (QED) is 0.538. The average molecular weight is 381 g/mol. The van der Waals surface area contributed by atoms with E-state index in [1.54, 1.807) is 0 Å². The molecule has 0 rings (SSSR count). The summed E-state index contributed by atoms with van der Waals surface area (Å²) in [6.45, 7) is 2.10. The Labute approximate surface area is 121 Å². The van der Waals surface area contributed by atoms with E-state index in [4.69, 9.17) is 5.73 Å². The van der Waals surface area contributed by atoms with Gasteiger partial charge < -0.3 is 33.1 Å². The fourth-order valence-electron chi connectivity index (χ4n) is 0.549. The molecule has 2 N–H and O–H groups in total. The van der Waals surface area contributed by atoms with Gasteiger partial charge in [-0.15, -0.1) is 0 Å². The van der Waals surface area contributed by atoms with Gasteiger partial charge in [-0.3, -0.25) is 4.79 Å². The molecule has 0 aliphatic heterocycles. The number of carbonyl (C=O) groups is 1. The molecule has 7 nitrogen and oxygen atoms in total. The molecule has 0 saturated heterocycles. The Bertz CT molecular complexity index is 88.0. The zero-order valence-electron chi connectivity index (χ0n) is 8.25. The molecule has 0 radical (unpaired) electrons. The van der Waals surface area contributed by atoms with Gasteiger partial charge in [0.25, 0.3) is 0 Å². The molecular weight excluding hydrogens is 368 g/mol. The molecule has 0 heterocycles. The molecule has 0 aliphatic carbocycles. The van der Waals surface area contributed by atoms with Crippen molar-refractivity contribution in [3.63, 3.8) is 0 Å². The molecule has 0 unspecified atom stereocenters. The monoisotopic (exact) mass is 381 g/mol. The topological polar surface area (TPSA) is 186 Å². The molecule has 0 aromatic rings. The van der Waals surface area contributed by atoms with Gasteiger partial charge in [-0.05, 0) is 6.42 Å². The van der Waals surface area contributed by atoms with Gasteiger partial charge in [0.05, 0.1) is 0 Å². The first kappa shape index (κ1) is 57.0. The number of amides is 1. The molecule has 0 aromatic carbocycles. The first-order chi connectivity index (χ1) is 3.77. The van der Waals surface area contributed by atoms with E-state index >= 15 is 0 Å². The zero-order valence-corrected chi connectivity index (χ0v) is 12.6. The minimum Gasteiger partial charge on any atom is -2.00 e. The Kier molecular flexibility index (Phi) is 177. The van der Waals surface area contributed by atoms with Gasteiger partial charge in [-0.2, -0.15) is 0 Å². The smallest absolute Gasteiger partial charge is 2.00 e. The maximum atomic E-state index is 10.1. The normalized spacial score (nSPS) is 4.87. The van der Waals surface area contributed by atoms with Crippen molar-refractivity contribution in [3.8, 4) is 0 Å². The van der Waals surface area contributed by atoms with Gasteiger partial charge in [-0.1, -0.05) is 19.8 Å². The molecule has 1 amide bonds. The minimum absolute atomic E-state index is 0. The summed E-state index contributed by atoms with van der Waals surface area (Å²) in [5.74, 6) is -0.182. The van der Waals surface area contributed by atoms with Crippen LogP contribution in [0.25, 0.3) is 0 Å². The van der Waals surface area contributed by atoms with Crippen LogP contribution in [0.15, 0.2) is 0 Å². The van der Waals surface area contributed by atoms with E-state index in [0.717, 1.165) is 19.3 Å². The summed E-state index contributed by atoms with van der Waals surface area (Å²) in [5, 5.41) is 0. The summed E-state index contributed by atoms with van der Waals surface area (Å²) < 4.78 is 0. The van der Waals surface area contributed by atoms with Crippen LogP contribution in [0.4, 0.5) is 0 Å². The molecule has 0 fully saturated rings. The average Bonchev–Trinajstić information content (AvgIpc) is 1.66. The fraction of sp³-hybridized carbons (Fsp3) is 0.833. The van der Waals surface area contributed by atoms with Crippen LogP contribution in [0.5, 0.6) is 0 Å². The van der Waals surface area contributed by atoms with E-state index in [2.05, 4.69) is 6.92 Å². The largest absolute Gasteiger partial charge is 5.00 e. The molecule has 9 heteroatoms. The van der Waals surface area contributed by atoms with Crippen LogP contribution >= 0.6 is 0 Å². The van der Waals surface area contributed by atoms with Crippen molar-refractivity contribution in [2.75, 3.05) is 0 Å². The molecule has 15 heavy (non-hydrogen) atoms. The second kappa shape index (κ2) is 46.4. The van der Waals surface area contributed by atoms with Crippen LogP contribution in [0, 0.1) is 0 Å². The van der Waals surface area contributed by atoms with Crippen LogP contribution in [0.3, 0.4) is 0 Å². The maximum absolute atomic E-state index is 10.1. The fourth-order valence-corrected chi connectivity index (χ4v) is 0.549. The second-order valence-electron chi connectivity index (χ2n) is 1.92. The van der Waals surface area contributed by atoms with Gasteiger partial charge in [0.1, 0.15) is 0 Å². The number of hydrogen-bond acceptors (Lipinski definition) is 1. The summed E-state index contributed by atoms with van der Waals surface area (Å²) in [6.07, 6.45) is 3.76. The number of carbonyl (C=O) groups excluding carboxylic acids is 1. The van der Waals surface area contributed by atoms with E-state index < -0.39 is 0 Å². The van der Waals surface area contributed by atoms with Crippen molar-refractivity contribution < 1.29 is 76.9 Å². The van der Waals surface area contributed by atoms with E-state index in [-0.39, 0.29) is 78.0 Å². The van der Waals surface area contributed by atoms with Crippen molar-refractivity contribution in [2.45, 2.75) is 32.6 Å². The number of unbranched alkanes of at least 4 members (excludes halogenated alkanes) is 2. The van der Waals surface area contributed by atoms with Gasteiger partial charge in [0, 0.05) is 6.42 Å². The predicted octanol–water partition coefficient (Wildman–Crippen LogP) is 0.453. The van der Waals surface area contributed by atoms with Crippen LogP contribution in [-0.2, 0) is 76.9 Å². The Morgan fingerprint density at radius 2 is 1.27 bits per heavy atom. The van der Waals surface area contributed by atoms with Gasteiger partial charge in [-0.25, -0.2) is 0 Å². The third-order valence-corrected chi connectivity index (χ3v) is 1.03. The number of hydrogen-bond donors (Lipinski definition) is 1. The SMILES string of the molecule is CCCCCC(N)=O.[Nb+5].[Nb+5].[O-2].[O-2].[O-2].[O-2].[O-2]. The van der Waals surface area contributed by atoms with E-state index in [1.165, 1.54) is 0 Å². The zero-order chi connectivity index (χ0) is 6.41. The first-order valence-corrected chi connectivity index (χ1v) is 3.05. The molecule has 0 atom stereocenters. The van der Waals surface area contributed by atoms with Gasteiger partial charge in [0.15, 0.2) is 0 Å². The van der Waals surface area contributed by atoms with Crippen molar-refractivity contribution in [3.05, 3.63) is 0 Å². The molecule has 0 spiro atoms. The van der Waals surface area contributed by atoms with Crippen molar-refractivity contribution in [1.82, 2.24) is 0 Å². The minimum atomic E-state index is -0.182. The van der Waals surface area contributed by atoms with E-state index in [9.17, 15) is 4.79 Å². The maximum Gasteiger partial charge on any atom is 5.00 e. The summed E-state index contributed by atoms with van der Waals surface area (Å²) in [6, 6.07) is 0. The Balaban J connectivity index is -0.0000000117. The second-order valence-corrected chi connectivity index (χ2v) is 1.92. The summed E-state index contributed by atoms with van der Waals surface area (Å²) >= 11 is 0. The summed E-state index contributed by atoms with van der Waals surface area (Å²) in [7, 11) is 0. The Morgan fingerprint density at radius 3 is 1.47 bits per heavy atom. The predicted molar refractivity (Wildman–Crippen MR) is 36.8 cm³/mol. The summed E-state index contributed by atoms with van der Waals surface area (Å²) in [5.41, 5.74) is 4.89. The third kappa shape index (κ3) is 72.5. The summed E-state index contributed by atoms with van der Waals surface area (Å²) in [4.78, 5) is 10.1. The Morgan fingerprint density at radius 1 is 0.933 bits per heavy atom. The number of nitrogens with two attached hydrogens (primary N) is 1.